The smallest absolute Gasteiger partial charge is 0.0968 e. The van der Waals surface area contributed by atoms with Gasteiger partial charge in [0, 0.05) is 44.9 Å². The van der Waals surface area contributed by atoms with E-state index in [4.69, 9.17) is 9.97 Å². The van der Waals surface area contributed by atoms with Gasteiger partial charge < -0.3 is 0 Å². The molecule has 7 aromatic rings. The van der Waals surface area contributed by atoms with Crippen molar-refractivity contribution in [2.24, 2.45) is 0 Å². The van der Waals surface area contributed by atoms with Crippen LogP contribution in [0.1, 0.15) is 48.6 Å². The van der Waals surface area contributed by atoms with Crippen molar-refractivity contribution in [2.75, 3.05) is 0 Å². The highest BCUT2D eigenvalue weighted by Crippen LogP contribution is 2.53. The van der Waals surface area contributed by atoms with Gasteiger partial charge in [-0.1, -0.05) is 111 Å². The Hall–Kier alpha value is -5.15. The Bertz CT molecular complexity index is 2360. The highest BCUT2D eigenvalue weighted by Gasteiger charge is 2.40. The molecule has 204 valence electrons. The fraction of sp³-hybridized carbons (Fsp3) is 0.125. The number of benzene rings is 4. The van der Waals surface area contributed by atoms with Gasteiger partial charge in [-0.05, 0) is 57.7 Å². The van der Waals surface area contributed by atoms with Crippen molar-refractivity contribution in [3.05, 3.63) is 144 Å². The minimum atomic E-state index is -0.168. The van der Waals surface area contributed by atoms with Crippen LogP contribution in [0.25, 0.3) is 60.3 Å². The molecule has 1 atom stereocenters. The van der Waals surface area contributed by atoms with Crippen molar-refractivity contribution in [2.45, 2.75) is 31.6 Å². The van der Waals surface area contributed by atoms with Crippen molar-refractivity contribution in [3.8, 4) is 11.3 Å². The predicted molar refractivity (Wildman–Crippen MR) is 178 cm³/mol. The van der Waals surface area contributed by atoms with E-state index in [0.717, 1.165) is 45.1 Å². The number of hydrogen-bond donors (Lipinski definition) is 0. The lowest BCUT2D eigenvalue weighted by atomic mass is 9.76. The molecule has 1 unspecified atom stereocenters. The molecule has 0 N–H and O–H groups in total. The Labute approximate surface area is 250 Å². The first kappa shape index (κ1) is 24.4. The molecule has 2 aliphatic rings. The number of pyridine rings is 3. The first-order valence-corrected chi connectivity index (χ1v) is 15.1. The molecule has 3 heterocycles. The lowest BCUT2D eigenvalue weighted by molar-refractivity contribution is 0.658. The zero-order chi connectivity index (χ0) is 28.7. The number of nitrogens with zero attached hydrogens (tertiary/aromatic N) is 3. The Kier molecular flexibility index (Phi) is 5.07. The second kappa shape index (κ2) is 8.92. The molecule has 0 saturated carbocycles. The van der Waals surface area contributed by atoms with Gasteiger partial charge in [0.15, 0.2) is 0 Å². The minimum Gasteiger partial charge on any atom is -0.254 e. The van der Waals surface area contributed by atoms with Crippen LogP contribution in [0.5, 0.6) is 0 Å². The molecule has 0 radical (unpaired) electrons. The van der Waals surface area contributed by atoms with Crippen LogP contribution in [0.2, 0.25) is 0 Å². The highest BCUT2D eigenvalue weighted by atomic mass is 14.8. The maximum Gasteiger partial charge on any atom is 0.0968 e. The Morgan fingerprint density at radius 3 is 2.37 bits per heavy atom. The molecule has 4 aromatic carbocycles. The van der Waals surface area contributed by atoms with Gasteiger partial charge in [0.1, 0.15) is 0 Å². The van der Waals surface area contributed by atoms with E-state index in [1.807, 2.05) is 12.3 Å². The van der Waals surface area contributed by atoms with E-state index in [2.05, 4.69) is 128 Å². The molecule has 0 aliphatic heterocycles. The molecule has 0 amide bonds. The van der Waals surface area contributed by atoms with Gasteiger partial charge in [0.2, 0.25) is 0 Å². The summed E-state index contributed by atoms with van der Waals surface area (Å²) >= 11 is 0. The molecule has 0 bridgehead atoms. The quantitative estimate of drug-likeness (QED) is 0.201. The van der Waals surface area contributed by atoms with Crippen LogP contribution < -0.4 is 0 Å². The van der Waals surface area contributed by atoms with Crippen LogP contribution in [0, 0.1) is 0 Å². The van der Waals surface area contributed by atoms with Gasteiger partial charge in [0.05, 0.1) is 22.2 Å². The molecule has 3 heteroatoms. The summed E-state index contributed by atoms with van der Waals surface area (Å²) in [6.07, 6.45) is 9.85. The van der Waals surface area contributed by atoms with Gasteiger partial charge in [-0.2, -0.15) is 0 Å². The second-order valence-electron chi connectivity index (χ2n) is 12.4. The standard InChI is InChI=1S/C40H29N3/c1-40(2)31-12-6-5-11-30(31)39-36(40)34(35-29-10-4-3-8-24(29)19-22-33(35)43-39)26-15-13-25(14-16-26)32-21-20-28-18-17-27-9-7-23-41-37(27)38(28)42-32/h3-13,15-23,25H,14H2,1-2H3. The first-order chi connectivity index (χ1) is 21.1. The van der Waals surface area contributed by atoms with Crippen LogP contribution in [0.4, 0.5) is 0 Å². The van der Waals surface area contributed by atoms with E-state index in [-0.39, 0.29) is 11.3 Å². The summed E-state index contributed by atoms with van der Waals surface area (Å²) in [6.45, 7) is 4.71. The van der Waals surface area contributed by atoms with E-state index in [0.29, 0.717) is 0 Å². The molecule has 3 nitrogen and oxygen atoms in total. The number of rotatable bonds is 2. The predicted octanol–water partition coefficient (Wildman–Crippen LogP) is 9.92. The molecule has 2 aliphatic carbocycles. The van der Waals surface area contributed by atoms with Crippen LogP contribution >= 0.6 is 0 Å². The molecule has 9 rings (SSSR count). The van der Waals surface area contributed by atoms with Crippen molar-refractivity contribution in [1.82, 2.24) is 15.0 Å². The Morgan fingerprint density at radius 2 is 1.49 bits per heavy atom. The fourth-order valence-corrected chi connectivity index (χ4v) is 7.47. The number of fused-ring (bicyclic) bond motifs is 9. The van der Waals surface area contributed by atoms with Crippen LogP contribution in [-0.4, -0.2) is 15.0 Å². The van der Waals surface area contributed by atoms with Crippen molar-refractivity contribution >= 4 is 49.1 Å². The highest BCUT2D eigenvalue weighted by molar-refractivity contribution is 6.14. The van der Waals surface area contributed by atoms with E-state index in [1.165, 1.54) is 44.0 Å². The van der Waals surface area contributed by atoms with Crippen molar-refractivity contribution in [1.29, 1.82) is 0 Å². The zero-order valence-electron chi connectivity index (χ0n) is 24.2. The average Bonchev–Trinajstić information content (AvgIpc) is 3.29. The van der Waals surface area contributed by atoms with Crippen LogP contribution in [-0.2, 0) is 5.41 Å². The van der Waals surface area contributed by atoms with Gasteiger partial charge in [-0.25, -0.2) is 9.97 Å². The topological polar surface area (TPSA) is 38.7 Å². The maximum atomic E-state index is 5.35. The molecular formula is C40H29N3. The van der Waals surface area contributed by atoms with Gasteiger partial charge in [0.25, 0.3) is 0 Å². The molecule has 3 aromatic heterocycles. The van der Waals surface area contributed by atoms with Gasteiger partial charge in [-0.15, -0.1) is 0 Å². The van der Waals surface area contributed by atoms with Crippen LogP contribution in [0.15, 0.2) is 121 Å². The number of hydrogen-bond acceptors (Lipinski definition) is 3. The number of aromatic nitrogens is 3. The fourth-order valence-electron chi connectivity index (χ4n) is 7.47. The van der Waals surface area contributed by atoms with Crippen LogP contribution in [0.3, 0.4) is 0 Å². The summed E-state index contributed by atoms with van der Waals surface area (Å²) in [4.78, 5) is 15.2. The van der Waals surface area contributed by atoms with E-state index < -0.39 is 0 Å². The SMILES string of the molecule is CC1(C)c2ccccc2-c2nc3ccc4ccccc4c3c(C3=CCC(c4ccc5ccc6cccnc6c5n4)C=C3)c21. The summed E-state index contributed by atoms with van der Waals surface area (Å²) in [5.41, 5.74) is 11.5. The van der Waals surface area contributed by atoms with Gasteiger partial charge in [-0.3, -0.25) is 4.98 Å². The summed E-state index contributed by atoms with van der Waals surface area (Å²) in [7, 11) is 0. The molecule has 0 fully saturated rings. The van der Waals surface area contributed by atoms with E-state index >= 15 is 0 Å². The second-order valence-corrected chi connectivity index (χ2v) is 12.4. The molecular weight excluding hydrogens is 522 g/mol. The third-order valence-corrected chi connectivity index (χ3v) is 9.58. The summed E-state index contributed by atoms with van der Waals surface area (Å²) in [6, 6.07) is 34.6. The molecule has 0 spiro atoms. The number of allylic oxidation sites excluding steroid dienone is 4. The van der Waals surface area contributed by atoms with E-state index in [1.54, 1.807) is 0 Å². The monoisotopic (exact) mass is 551 g/mol. The average molecular weight is 552 g/mol. The third-order valence-electron chi connectivity index (χ3n) is 9.58. The summed E-state index contributed by atoms with van der Waals surface area (Å²) in [5, 5.41) is 5.98. The molecule has 43 heavy (non-hydrogen) atoms. The van der Waals surface area contributed by atoms with Gasteiger partial charge >= 0.3 is 0 Å². The Morgan fingerprint density at radius 1 is 0.721 bits per heavy atom. The first-order valence-electron chi connectivity index (χ1n) is 15.1. The lowest BCUT2D eigenvalue weighted by Gasteiger charge is -2.27. The minimum absolute atomic E-state index is 0.168. The van der Waals surface area contributed by atoms with E-state index in [9.17, 15) is 0 Å². The Balaban J connectivity index is 1.23. The lowest BCUT2D eigenvalue weighted by Crippen LogP contribution is -2.18. The maximum absolute atomic E-state index is 5.35. The normalized spacial score (nSPS) is 17.0. The van der Waals surface area contributed by atoms with Crippen molar-refractivity contribution in [3.63, 3.8) is 0 Å². The summed E-state index contributed by atoms with van der Waals surface area (Å²) in [5.74, 6) is 0.204. The molecule has 0 saturated heterocycles. The van der Waals surface area contributed by atoms with Crippen molar-refractivity contribution < 1.29 is 0 Å². The third kappa shape index (κ3) is 3.51. The largest absolute Gasteiger partial charge is 0.254 e. The zero-order valence-corrected chi connectivity index (χ0v) is 24.2. The summed E-state index contributed by atoms with van der Waals surface area (Å²) < 4.78 is 0.